The monoisotopic (exact) mass is 730 g/mol. The first-order valence-electron chi connectivity index (χ1n) is 20.3. The fourth-order valence-electron chi connectivity index (χ4n) is 12.4. The summed E-state index contributed by atoms with van der Waals surface area (Å²) in [7, 11) is 0. The van der Waals surface area contributed by atoms with E-state index in [1.807, 2.05) is 0 Å². The zero-order valence-corrected chi connectivity index (χ0v) is 30.8. The molecule has 0 saturated heterocycles. The number of nitrogens with zero attached hydrogens (tertiary/aromatic N) is 4. The molecule has 0 radical (unpaired) electrons. The van der Waals surface area contributed by atoms with E-state index in [0.717, 1.165) is 0 Å². The predicted octanol–water partition coefficient (Wildman–Crippen LogP) is 14.3. The summed E-state index contributed by atoms with van der Waals surface area (Å²) in [5.41, 5.74) is 15.5. The molecule has 0 aliphatic heterocycles. The molecule has 9 aromatic carbocycles. The molecule has 0 N–H and O–H groups in total. The van der Waals surface area contributed by atoms with Crippen molar-refractivity contribution in [3.63, 3.8) is 0 Å². The minimum atomic E-state index is 1.26. The number of hydrogen-bond donors (Lipinski definition) is 0. The smallest absolute Gasteiger partial charge is 0.0789 e. The van der Waals surface area contributed by atoms with Gasteiger partial charge in [-0.15, -0.1) is 0 Å². The first-order valence-corrected chi connectivity index (χ1v) is 20.3. The van der Waals surface area contributed by atoms with Gasteiger partial charge in [-0.1, -0.05) is 133 Å². The summed E-state index contributed by atoms with van der Waals surface area (Å²) in [6, 6.07) is 59.9. The van der Waals surface area contributed by atoms with Crippen molar-refractivity contribution in [2.75, 3.05) is 0 Å². The lowest BCUT2D eigenvalue weighted by atomic mass is 10.0. The Morgan fingerprint density at radius 2 is 0.414 bits per heavy atom. The minimum Gasteiger partial charge on any atom is -0.306 e. The second-order valence-corrected chi connectivity index (χ2v) is 16.8. The van der Waals surface area contributed by atoms with Gasteiger partial charge in [-0.05, 0) is 24.3 Å². The van der Waals surface area contributed by atoms with Crippen molar-refractivity contribution in [1.82, 2.24) is 17.6 Å². The van der Waals surface area contributed by atoms with E-state index in [9.17, 15) is 0 Å². The summed E-state index contributed by atoms with van der Waals surface area (Å²) >= 11 is 0. The van der Waals surface area contributed by atoms with Gasteiger partial charge in [0.15, 0.2) is 0 Å². The van der Waals surface area contributed by atoms with Crippen LogP contribution in [0.25, 0.3) is 152 Å². The largest absolute Gasteiger partial charge is 0.306 e. The van der Waals surface area contributed by atoms with Gasteiger partial charge in [0.1, 0.15) is 0 Å². The van der Waals surface area contributed by atoms with E-state index in [1.165, 1.54) is 152 Å². The lowest BCUT2D eigenvalue weighted by Gasteiger charge is -2.05. The third-order valence-corrected chi connectivity index (χ3v) is 14.4. The zero-order chi connectivity index (χ0) is 36.9. The zero-order valence-electron chi connectivity index (χ0n) is 30.8. The molecule has 0 spiro atoms. The average molecular weight is 731 g/mol. The molecule has 58 heavy (non-hydrogen) atoms. The number of rotatable bonds is 0. The molecule has 4 heteroatoms. The van der Waals surface area contributed by atoms with Gasteiger partial charge in [-0.3, -0.25) is 0 Å². The van der Waals surface area contributed by atoms with Crippen molar-refractivity contribution in [2.24, 2.45) is 0 Å². The van der Waals surface area contributed by atoms with E-state index in [0.29, 0.717) is 0 Å². The minimum absolute atomic E-state index is 1.26. The van der Waals surface area contributed by atoms with Crippen molar-refractivity contribution < 1.29 is 0 Å². The van der Waals surface area contributed by atoms with Crippen LogP contribution in [0.1, 0.15) is 0 Å². The van der Waals surface area contributed by atoms with Crippen LogP contribution in [0.3, 0.4) is 0 Å². The van der Waals surface area contributed by atoms with Crippen molar-refractivity contribution in [3.8, 4) is 0 Å². The summed E-state index contributed by atoms with van der Waals surface area (Å²) in [6.45, 7) is 0. The molecule has 262 valence electrons. The Labute approximate surface area is 326 Å². The Bertz CT molecular complexity index is 4420. The standard InChI is InChI=1S/C54H26N4/c1-3-19-43-27(9-1)29-11-5-13-31-37-21-23-39-33-15-7-17-35-41-26-46-42(25-45(41)57(49(33)35)53(39)51(37)55(43)47(29)31)36-18-8-16-34-40-24-22-38-32-14-6-12-30-28-10-2-4-20-44(28)56(48(30)32)52(38)54(40)58(46)50(34)36/h1-26H. The summed E-state index contributed by atoms with van der Waals surface area (Å²) in [5.74, 6) is 0. The Kier molecular flexibility index (Phi) is 4.18. The lowest BCUT2D eigenvalue weighted by molar-refractivity contribution is 1.33. The van der Waals surface area contributed by atoms with Gasteiger partial charge in [-0.25, -0.2) is 0 Å². The third-order valence-electron chi connectivity index (χ3n) is 14.4. The van der Waals surface area contributed by atoms with Gasteiger partial charge in [0, 0.05) is 86.2 Å². The summed E-state index contributed by atoms with van der Waals surface area (Å²) in [6.07, 6.45) is 0. The maximum Gasteiger partial charge on any atom is 0.0789 e. The van der Waals surface area contributed by atoms with Crippen LogP contribution in [0.2, 0.25) is 0 Å². The maximum atomic E-state index is 2.61. The highest BCUT2D eigenvalue weighted by molar-refractivity contribution is 6.35. The van der Waals surface area contributed by atoms with Crippen molar-refractivity contribution in [3.05, 3.63) is 158 Å². The van der Waals surface area contributed by atoms with E-state index < -0.39 is 0 Å². The van der Waals surface area contributed by atoms with Crippen LogP contribution in [-0.4, -0.2) is 17.6 Å². The van der Waals surface area contributed by atoms with E-state index >= 15 is 0 Å². The molecule has 0 aliphatic carbocycles. The van der Waals surface area contributed by atoms with E-state index in [1.54, 1.807) is 0 Å². The van der Waals surface area contributed by atoms with Crippen LogP contribution in [0.5, 0.6) is 0 Å². The Hall–Kier alpha value is -7.82. The molecule has 0 aliphatic rings. The normalized spacial score (nSPS) is 13.5. The molecule has 8 aromatic heterocycles. The molecule has 0 saturated carbocycles. The molecular weight excluding hydrogens is 705 g/mol. The van der Waals surface area contributed by atoms with Gasteiger partial charge in [-0.2, -0.15) is 0 Å². The number of aromatic nitrogens is 4. The first kappa shape index (κ1) is 27.7. The first-order chi connectivity index (χ1) is 28.8. The summed E-state index contributed by atoms with van der Waals surface area (Å²) < 4.78 is 10.3. The van der Waals surface area contributed by atoms with Crippen LogP contribution in [0.4, 0.5) is 0 Å². The Morgan fingerprint density at radius 1 is 0.172 bits per heavy atom. The molecule has 0 fully saturated rings. The molecular formula is C54H26N4. The Morgan fingerprint density at radius 3 is 0.759 bits per heavy atom. The third kappa shape index (κ3) is 2.68. The highest BCUT2D eigenvalue weighted by atomic mass is 15.0. The molecule has 0 bridgehead atoms. The fraction of sp³-hybridized carbons (Fsp3) is 0. The molecule has 0 unspecified atom stereocenters. The highest BCUT2D eigenvalue weighted by Gasteiger charge is 2.27. The molecule has 0 amide bonds. The molecule has 8 heterocycles. The van der Waals surface area contributed by atoms with Crippen molar-refractivity contribution in [2.45, 2.75) is 0 Å². The Balaban J connectivity index is 1.12. The molecule has 4 nitrogen and oxygen atoms in total. The second kappa shape index (κ2) is 8.76. The topological polar surface area (TPSA) is 17.6 Å². The highest BCUT2D eigenvalue weighted by Crippen LogP contribution is 2.50. The number of para-hydroxylation sites is 6. The van der Waals surface area contributed by atoms with Gasteiger partial charge < -0.3 is 17.6 Å². The van der Waals surface area contributed by atoms with Crippen LogP contribution in [0, 0.1) is 0 Å². The molecule has 17 aromatic rings. The van der Waals surface area contributed by atoms with Gasteiger partial charge in [0.05, 0.1) is 66.2 Å². The van der Waals surface area contributed by atoms with Crippen molar-refractivity contribution in [1.29, 1.82) is 0 Å². The fourth-order valence-corrected chi connectivity index (χ4v) is 12.4. The summed E-state index contributed by atoms with van der Waals surface area (Å²) in [5, 5.41) is 20.9. The quantitative estimate of drug-likeness (QED) is 0.148. The van der Waals surface area contributed by atoms with Gasteiger partial charge in [0.25, 0.3) is 0 Å². The predicted molar refractivity (Wildman–Crippen MR) is 245 cm³/mol. The number of hydrogen-bond acceptors (Lipinski definition) is 0. The van der Waals surface area contributed by atoms with Gasteiger partial charge in [0.2, 0.25) is 0 Å². The SMILES string of the molecule is c1ccc2c(c1)c1cccc3c4ccc5c6cccc7c8cc9c(cc8n(c76)c5c4n2c13)c1cccc2c3ccc4c5cccc6c7ccccc7n(c65)c4c3n9c12. The van der Waals surface area contributed by atoms with Gasteiger partial charge >= 0.3 is 0 Å². The van der Waals surface area contributed by atoms with Crippen molar-refractivity contribution >= 4 is 152 Å². The van der Waals surface area contributed by atoms with Crippen LogP contribution in [-0.2, 0) is 0 Å². The maximum absolute atomic E-state index is 2.61. The average Bonchev–Trinajstić information content (AvgIpc) is 4.15. The van der Waals surface area contributed by atoms with Crippen LogP contribution < -0.4 is 0 Å². The molecule has 0 atom stereocenters. The number of fused-ring (bicyclic) bond motifs is 26. The molecule has 17 rings (SSSR count). The van der Waals surface area contributed by atoms with E-state index in [2.05, 4.69) is 175 Å². The lowest BCUT2D eigenvalue weighted by Crippen LogP contribution is -1.88. The van der Waals surface area contributed by atoms with E-state index in [4.69, 9.17) is 0 Å². The van der Waals surface area contributed by atoms with E-state index in [-0.39, 0.29) is 0 Å². The summed E-state index contributed by atoms with van der Waals surface area (Å²) in [4.78, 5) is 0. The number of benzene rings is 9. The second-order valence-electron chi connectivity index (χ2n) is 16.8. The van der Waals surface area contributed by atoms with Crippen LogP contribution >= 0.6 is 0 Å². The van der Waals surface area contributed by atoms with Crippen LogP contribution in [0.15, 0.2) is 158 Å².